The van der Waals surface area contributed by atoms with E-state index in [2.05, 4.69) is 36.5 Å². The number of aryl methyl sites for hydroxylation is 2. The van der Waals surface area contributed by atoms with Crippen molar-refractivity contribution >= 4 is 49.5 Å². The number of carbonyl (C=O) groups excluding carboxylic acids is 1. The number of aromatic amines is 1. The van der Waals surface area contributed by atoms with Crippen molar-refractivity contribution in [2.45, 2.75) is 33.9 Å². The van der Waals surface area contributed by atoms with E-state index in [1.807, 2.05) is 69.0 Å². The number of hydrogen-bond acceptors (Lipinski definition) is 6. The fourth-order valence-electron chi connectivity index (χ4n) is 4.46. The van der Waals surface area contributed by atoms with Crippen LogP contribution in [-0.4, -0.2) is 54.8 Å². The molecule has 0 saturated heterocycles. The highest BCUT2D eigenvalue weighted by molar-refractivity contribution is 9.10. The van der Waals surface area contributed by atoms with Crippen LogP contribution >= 0.6 is 15.9 Å². The summed E-state index contributed by atoms with van der Waals surface area (Å²) in [6.07, 6.45) is 1.82. The molecule has 9 nitrogen and oxygen atoms in total. The van der Waals surface area contributed by atoms with E-state index in [0.717, 1.165) is 50.1 Å². The molecule has 0 bridgehead atoms. The van der Waals surface area contributed by atoms with Crippen molar-refractivity contribution in [2.75, 3.05) is 19.4 Å². The molecule has 3 heterocycles. The Bertz CT molecular complexity index is 1620. The Hall–Kier alpha value is -3.79. The lowest BCUT2D eigenvalue weighted by Gasteiger charge is -2.18. The summed E-state index contributed by atoms with van der Waals surface area (Å²) in [5.41, 5.74) is 5.88. The Kier molecular flexibility index (Phi) is 6.21. The summed E-state index contributed by atoms with van der Waals surface area (Å²) in [6.45, 7) is 7.30. The van der Waals surface area contributed by atoms with Crippen molar-refractivity contribution in [2.24, 2.45) is 0 Å². The number of anilines is 1. The maximum absolute atomic E-state index is 13.8. The third-order valence-electron chi connectivity index (χ3n) is 6.50. The minimum atomic E-state index is -0.177. The Labute approximate surface area is 217 Å². The minimum absolute atomic E-state index is 0.177. The number of nitrogens with one attached hydrogen (secondary N) is 2. The first-order valence-electron chi connectivity index (χ1n) is 11.7. The van der Waals surface area contributed by atoms with Gasteiger partial charge in [-0.05, 0) is 56.7 Å². The van der Waals surface area contributed by atoms with E-state index in [0.29, 0.717) is 29.0 Å². The Balaban J connectivity index is 1.62. The van der Waals surface area contributed by atoms with Crippen molar-refractivity contribution in [3.05, 3.63) is 63.5 Å². The van der Waals surface area contributed by atoms with E-state index in [1.54, 1.807) is 11.9 Å². The van der Waals surface area contributed by atoms with Crippen LogP contribution in [0.1, 0.15) is 34.2 Å². The highest BCUT2D eigenvalue weighted by Crippen LogP contribution is 2.31. The summed E-state index contributed by atoms with van der Waals surface area (Å²) in [5.74, 6) is 1.07. The molecule has 5 aromatic rings. The van der Waals surface area contributed by atoms with Gasteiger partial charge in [-0.1, -0.05) is 15.9 Å². The van der Waals surface area contributed by atoms with Gasteiger partial charge < -0.3 is 10.2 Å². The second-order valence-electron chi connectivity index (χ2n) is 8.82. The molecule has 0 atom stereocenters. The van der Waals surface area contributed by atoms with Gasteiger partial charge in [0.15, 0.2) is 11.6 Å². The average Bonchev–Trinajstić information content (AvgIpc) is 3.44. The number of fused-ring (bicyclic) bond motifs is 2. The van der Waals surface area contributed by atoms with Gasteiger partial charge in [-0.2, -0.15) is 10.2 Å². The quantitative estimate of drug-likeness (QED) is 0.307. The first-order valence-corrected chi connectivity index (χ1v) is 12.5. The van der Waals surface area contributed by atoms with E-state index in [4.69, 9.17) is 9.97 Å². The Morgan fingerprint density at radius 1 is 1.17 bits per heavy atom. The maximum atomic E-state index is 13.8. The van der Waals surface area contributed by atoms with E-state index < -0.39 is 0 Å². The predicted molar refractivity (Wildman–Crippen MR) is 145 cm³/mol. The summed E-state index contributed by atoms with van der Waals surface area (Å²) in [6, 6.07) is 9.76. The van der Waals surface area contributed by atoms with Gasteiger partial charge in [0.05, 0.1) is 17.2 Å². The molecule has 184 valence electrons. The number of amides is 1. The molecule has 0 saturated carbocycles. The van der Waals surface area contributed by atoms with Crippen LogP contribution in [-0.2, 0) is 13.1 Å². The highest BCUT2D eigenvalue weighted by atomic mass is 79.9. The number of carbonyl (C=O) groups is 1. The molecule has 2 N–H and O–H groups in total. The number of nitrogens with zero attached hydrogens (tertiary/aromatic N) is 6. The molecule has 0 fully saturated rings. The minimum Gasteiger partial charge on any atom is -0.371 e. The van der Waals surface area contributed by atoms with Crippen molar-refractivity contribution in [1.82, 2.24) is 34.8 Å². The molecule has 2 aromatic carbocycles. The fraction of sp³-hybridized carbons (Fsp3) is 0.269. The first-order chi connectivity index (χ1) is 17.3. The smallest absolute Gasteiger partial charge is 0.273 e. The molecular formula is C26H27BrN8O. The number of aromatic nitrogens is 6. The van der Waals surface area contributed by atoms with Crippen LogP contribution < -0.4 is 5.32 Å². The molecule has 36 heavy (non-hydrogen) atoms. The van der Waals surface area contributed by atoms with Gasteiger partial charge in [0.25, 0.3) is 5.91 Å². The lowest BCUT2D eigenvalue weighted by atomic mass is 10.0. The van der Waals surface area contributed by atoms with Crippen LogP contribution in [0.4, 0.5) is 5.82 Å². The molecular weight excluding hydrogens is 520 g/mol. The molecule has 10 heteroatoms. The fourth-order valence-corrected chi connectivity index (χ4v) is 4.82. The SMILES string of the molecule is CCn1ncc(CN(C)C(=O)c2nc(-c3cc4c(NC)n[nH]c4cc3C)nc3ccc(Br)cc23)c1C. The molecule has 0 spiro atoms. The monoisotopic (exact) mass is 546 g/mol. The second-order valence-corrected chi connectivity index (χ2v) is 9.74. The molecule has 1 amide bonds. The van der Waals surface area contributed by atoms with Crippen LogP contribution in [0.15, 0.2) is 41.0 Å². The van der Waals surface area contributed by atoms with Gasteiger partial charge in [0.1, 0.15) is 5.69 Å². The third kappa shape index (κ3) is 4.11. The Morgan fingerprint density at radius 3 is 2.69 bits per heavy atom. The number of H-pyrrole nitrogens is 1. The number of benzene rings is 2. The molecule has 0 aliphatic carbocycles. The summed E-state index contributed by atoms with van der Waals surface area (Å²) < 4.78 is 2.79. The summed E-state index contributed by atoms with van der Waals surface area (Å²) in [4.78, 5) is 25.1. The van der Waals surface area contributed by atoms with E-state index in [9.17, 15) is 4.79 Å². The zero-order valence-corrected chi connectivity index (χ0v) is 22.4. The number of hydrogen-bond donors (Lipinski definition) is 2. The summed E-state index contributed by atoms with van der Waals surface area (Å²) in [7, 11) is 3.62. The van der Waals surface area contributed by atoms with Crippen molar-refractivity contribution < 1.29 is 4.79 Å². The zero-order chi connectivity index (χ0) is 25.6. The third-order valence-corrected chi connectivity index (χ3v) is 7.00. The summed E-state index contributed by atoms with van der Waals surface area (Å²) >= 11 is 3.53. The standard InChI is InChI=1S/C26H27BrN8O/c1-6-35-15(3)16(12-29-35)13-34(5)26(36)23-19-10-17(27)7-8-21(19)30-25(31-23)18-11-20-22(9-14(18)2)32-33-24(20)28-4/h7-12H,6,13H2,1-5H3,(H2,28,32,33). The molecule has 0 unspecified atom stereocenters. The summed E-state index contributed by atoms with van der Waals surface area (Å²) in [5, 5.41) is 16.5. The van der Waals surface area contributed by atoms with Gasteiger partial charge in [-0.25, -0.2) is 9.97 Å². The molecule has 0 aliphatic rings. The van der Waals surface area contributed by atoms with Gasteiger partial charge in [-0.15, -0.1) is 0 Å². The molecule has 3 aromatic heterocycles. The normalized spacial score (nSPS) is 11.4. The van der Waals surface area contributed by atoms with E-state index in [-0.39, 0.29) is 5.91 Å². The van der Waals surface area contributed by atoms with Crippen LogP contribution in [0, 0.1) is 13.8 Å². The second kappa shape index (κ2) is 9.34. The predicted octanol–water partition coefficient (Wildman–Crippen LogP) is 5.08. The number of halogens is 1. The van der Waals surface area contributed by atoms with Gasteiger partial charge >= 0.3 is 0 Å². The highest BCUT2D eigenvalue weighted by Gasteiger charge is 2.22. The molecule has 0 aliphatic heterocycles. The maximum Gasteiger partial charge on any atom is 0.273 e. The lowest BCUT2D eigenvalue weighted by molar-refractivity contribution is 0.0781. The number of rotatable bonds is 6. The van der Waals surface area contributed by atoms with Crippen molar-refractivity contribution in [3.8, 4) is 11.4 Å². The van der Waals surface area contributed by atoms with Gasteiger partial charge in [0, 0.05) is 59.3 Å². The Morgan fingerprint density at radius 2 is 1.97 bits per heavy atom. The first kappa shape index (κ1) is 23.9. The molecule has 5 rings (SSSR count). The van der Waals surface area contributed by atoms with Crippen molar-refractivity contribution in [1.29, 1.82) is 0 Å². The average molecular weight is 547 g/mol. The molecule has 0 radical (unpaired) electrons. The van der Waals surface area contributed by atoms with Gasteiger partial charge in [-0.3, -0.25) is 14.6 Å². The van der Waals surface area contributed by atoms with Gasteiger partial charge in [0.2, 0.25) is 0 Å². The van der Waals surface area contributed by atoms with E-state index >= 15 is 0 Å². The van der Waals surface area contributed by atoms with Crippen LogP contribution in [0.5, 0.6) is 0 Å². The van der Waals surface area contributed by atoms with Crippen LogP contribution in [0.3, 0.4) is 0 Å². The van der Waals surface area contributed by atoms with Crippen LogP contribution in [0.25, 0.3) is 33.2 Å². The zero-order valence-electron chi connectivity index (χ0n) is 20.8. The van der Waals surface area contributed by atoms with E-state index in [1.165, 1.54) is 0 Å². The lowest BCUT2D eigenvalue weighted by Crippen LogP contribution is -2.28. The largest absolute Gasteiger partial charge is 0.371 e. The van der Waals surface area contributed by atoms with Crippen molar-refractivity contribution in [3.63, 3.8) is 0 Å². The van der Waals surface area contributed by atoms with Crippen LogP contribution in [0.2, 0.25) is 0 Å². The topological polar surface area (TPSA) is 105 Å².